The lowest BCUT2D eigenvalue weighted by Crippen LogP contribution is -2.38. The van der Waals surface area contributed by atoms with E-state index >= 15 is 0 Å². The Morgan fingerprint density at radius 3 is 2.53 bits per heavy atom. The van der Waals surface area contributed by atoms with E-state index in [1.807, 2.05) is 48.1 Å². The van der Waals surface area contributed by atoms with E-state index in [1.165, 1.54) is 0 Å². The van der Waals surface area contributed by atoms with Crippen LogP contribution in [0.25, 0.3) is 26.4 Å². The lowest BCUT2D eigenvalue weighted by atomic mass is 9.93. The number of hydrogen-bond acceptors (Lipinski definition) is 6. The van der Waals surface area contributed by atoms with Gasteiger partial charge in [0, 0.05) is 43.2 Å². The maximum atomic E-state index is 12.4. The first-order chi connectivity index (χ1) is 16.2. The number of rotatable bonds is 2. The fourth-order valence-electron chi connectivity index (χ4n) is 4.70. The van der Waals surface area contributed by atoms with Gasteiger partial charge in [-0.25, -0.2) is 14.3 Å². The Morgan fingerprint density at radius 1 is 1.12 bits per heavy atom. The third-order valence-corrected chi connectivity index (χ3v) is 7.23. The molecule has 5 rings (SSSR count). The quantitative estimate of drug-likeness (QED) is 0.376. The van der Waals surface area contributed by atoms with Crippen molar-refractivity contribution in [2.24, 2.45) is 7.05 Å². The number of aromatic nitrogens is 5. The molecular formula is C25H32N6O2S. The second-order valence-corrected chi connectivity index (χ2v) is 11.2. The van der Waals surface area contributed by atoms with E-state index in [1.54, 1.807) is 11.3 Å². The Morgan fingerprint density at radius 2 is 1.85 bits per heavy atom. The van der Waals surface area contributed by atoms with E-state index in [-0.39, 0.29) is 6.09 Å². The SMILES string of the molecule is Cc1cc(-c2nn3cc(C4CCCN(C(=O)OC(C)(C)C)CCC4)nc3s2)cc2cn(C)nc12. The molecular weight excluding hydrogens is 448 g/mol. The van der Waals surface area contributed by atoms with Crippen molar-refractivity contribution in [2.45, 2.75) is 64.9 Å². The van der Waals surface area contributed by atoms with Gasteiger partial charge in [-0.05, 0) is 71.1 Å². The lowest BCUT2D eigenvalue weighted by molar-refractivity contribution is 0.0233. The van der Waals surface area contributed by atoms with Crippen LogP contribution in [0.2, 0.25) is 0 Å². The topological polar surface area (TPSA) is 77.5 Å². The number of benzene rings is 1. The Balaban J connectivity index is 1.29. The first-order valence-corrected chi connectivity index (χ1v) is 12.8. The van der Waals surface area contributed by atoms with Crippen LogP contribution < -0.4 is 0 Å². The van der Waals surface area contributed by atoms with Crippen LogP contribution in [-0.2, 0) is 11.8 Å². The number of imidazole rings is 1. The predicted octanol–water partition coefficient (Wildman–Crippen LogP) is 5.55. The maximum Gasteiger partial charge on any atom is 0.410 e. The van der Waals surface area contributed by atoms with Crippen molar-refractivity contribution >= 4 is 33.3 Å². The molecule has 3 aromatic heterocycles. The molecule has 1 aromatic carbocycles. The summed E-state index contributed by atoms with van der Waals surface area (Å²) in [6.07, 6.45) is 7.83. The zero-order chi connectivity index (χ0) is 24.0. The van der Waals surface area contributed by atoms with Gasteiger partial charge < -0.3 is 9.64 Å². The molecule has 0 spiro atoms. The molecule has 0 bridgehead atoms. The van der Waals surface area contributed by atoms with E-state index in [0.717, 1.165) is 76.5 Å². The van der Waals surface area contributed by atoms with Crippen molar-refractivity contribution in [1.29, 1.82) is 0 Å². The fourth-order valence-corrected chi connectivity index (χ4v) is 5.58. The highest BCUT2D eigenvalue weighted by Gasteiger charge is 2.25. The molecule has 1 aliphatic heterocycles. The summed E-state index contributed by atoms with van der Waals surface area (Å²) >= 11 is 1.62. The first-order valence-electron chi connectivity index (χ1n) is 11.9. The third kappa shape index (κ3) is 4.66. The van der Waals surface area contributed by atoms with E-state index in [9.17, 15) is 4.79 Å². The summed E-state index contributed by atoms with van der Waals surface area (Å²) in [5, 5.41) is 11.5. The van der Waals surface area contributed by atoms with Crippen LogP contribution in [0.15, 0.2) is 24.5 Å². The number of carbonyl (C=O) groups is 1. The average molecular weight is 481 g/mol. The summed E-state index contributed by atoms with van der Waals surface area (Å²) in [5.41, 5.74) is 3.93. The number of carbonyl (C=O) groups excluding carboxylic acids is 1. The van der Waals surface area contributed by atoms with E-state index < -0.39 is 5.60 Å². The van der Waals surface area contributed by atoms with Crippen LogP contribution in [0.1, 0.15) is 63.6 Å². The smallest absolute Gasteiger partial charge is 0.410 e. The van der Waals surface area contributed by atoms with Crippen molar-refractivity contribution in [3.8, 4) is 10.6 Å². The number of ether oxygens (including phenoxy) is 1. The first kappa shape index (κ1) is 22.8. The minimum absolute atomic E-state index is 0.204. The van der Waals surface area contributed by atoms with Crippen LogP contribution in [0, 0.1) is 6.92 Å². The molecule has 1 saturated heterocycles. The summed E-state index contributed by atoms with van der Waals surface area (Å²) in [6.45, 7) is 9.28. The molecule has 1 amide bonds. The molecule has 4 heterocycles. The molecule has 0 saturated carbocycles. The number of nitrogens with zero attached hydrogens (tertiary/aromatic N) is 6. The zero-order valence-electron chi connectivity index (χ0n) is 20.5. The van der Waals surface area contributed by atoms with Gasteiger partial charge >= 0.3 is 6.09 Å². The Labute approximate surface area is 203 Å². The van der Waals surface area contributed by atoms with Crippen LogP contribution in [0.3, 0.4) is 0 Å². The van der Waals surface area contributed by atoms with Gasteiger partial charge in [0.25, 0.3) is 0 Å². The van der Waals surface area contributed by atoms with Gasteiger partial charge in [0.1, 0.15) is 10.6 Å². The second kappa shape index (κ2) is 8.69. The summed E-state index contributed by atoms with van der Waals surface area (Å²) in [4.78, 5) is 20.1. The molecule has 34 heavy (non-hydrogen) atoms. The molecule has 0 atom stereocenters. The van der Waals surface area contributed by atoms with Crippen molar-refractivity contribution in [3.63, 3.8) is 0 Å². The number of likely N-dealkylation sites (tertiary alicyclic amines) is 1. The van der Waals surface area contributed by atoms with Crippen LogP contribution in [-0.4, -0.2) is 54.1 Å². The number of amides is 1. The summed E-state index contributed by atoms with van der Waals surface area (Å²) in [6, 6.07) is 4.31. The van der Waals surface area contributed by atoms with Crippen molar-refractivity contribution < 1.29 is 9.53 Å². The lowest BCUT2D eigenvalue weighted by Gasteiger charge is -2.30. The van der Waals surface area contributed by atoms with Gasteiger partial charge in [0.15, 0.2) is 0 Å². The highest BCUT2D eigenvalue weighted by molar-refractivity contribution is 7.19. The molecule has 0 unspecified atom stereocenters. The number of fused-ring (bicyclic) bond motifs is 2. The molecule has 0 N–H and O–H groups in total. The third-order valence-electron chi connectivity index (χ3n) is 6.25. The summed E-state index contributed by atoms with van der Waals surface area (Å²) in [5.74, 6) is 0.395. The van der Waals surface area contributed by atoms with Gasteiger partial charge in [-0.2, -0.15) is 10.2 Å². The normalized spacial score (nSPS) is 16.2. The zero-order valence-corrected chi connectivity index (χ0v) is 21.4. The predicted molar refractivity (Wildman–Crippen MR) is 134 cm³/mol. The Kier molecular flexibility index (Phi) is 5.83. The van der Waals surface area contributed by atoms with Gasteiger partial charge in [-0.1, -0.05) is 11.3 Å². The highest BCUT2D eigenvalue weighted by Crippen LogP contribution is 2.33. The molecule has 180 valence electrons. The summed E-state index contributed by atoms with van der Waals surface area (Å²) < 4.78 is 9.33. The molecule has 1 fully saturated rings. The molecule has 4 aromatic rings. The van der Waals surface area contributed by atoms with E-state index in [2.05, 4.69) is 30.4 Å². The molecule has 8 nitrogen and oxygen atoms in total. The van der Waals surface area contributed by atoms with Crippen molar-refractivity contribution in [1.82, 2.24) is 29.3 Å². The molecule has 0 aliphatic carbocycles. The average Bonchev–Trinajstić information content (AvgIpc) is 3.38. The van der Waals surface area contributed by atoms with E-state index in [4.69, 9.17) is 14.8 Å². The van der Waals surface area contributed by atoms with Crippen molar-refractivity contribution in [2.75, 3.05) is 13.1 Å². The van der Waals surface area contributed by atoms with Crippen LogP contribution in [0.5, 0.6) is 0 Å². The van der Waals surface area contributed by atoms with Gasteiger partial charge in [-0.15, -0.1) is 0 Å². The van der Waals surface area contributed by atoms with Gasteiger partial charge in [0.2, 0.25) is 4.96 Å². The second-order valence-electron chi connectivity index (χ2n) is 10.3. The fraction of sp³-hybridized carbons (Fsp3) is 0.520. The molecule has 9 heteroatoms. The van der Waals surface area contributed by atoms with E-state index in [0.29, 0.717) is 5.92 Å². The molecule has 1 aliphatic rings. The monoisotopic (exact) mass is 480 g/mol. The maximum absolute atomic E-state index is 12.4. The van der Waals surface area contributed by atoms with Crippen LogP contribution in [0.4, 0.5) is 4.79 Å². The van der Waals surface area contributed by atoms with Gasteiger partial charge in [0.05, 0.1) is 17.4 Å². The minimum Gasteiger partial charge on any atom is -0.444 e. The van der Waals surface area contributed by atoms with Crippen molar-refractivity contribution in [3.05, 3.63) is 35.8 Å². The largest absolute Gasteiger partial charge is 0.444 e. The highest BCUT2D eigenvalue weighted by atomic mass is 32.1. The number of hydrogen-bond donors (Lipinski definition) is 0. The minimum atomic E-state index is -0.460. The Hall–Kier alpha value is -2.94. The summed E-state index contributed by atoms with van der Waals surface area (Å²) in [7, 11) is 1.95. The van der Waals surface area contributed by atoms with Gasteiger partial charge in [-0.3, -0.25) is 4.68 Å². The number of aryl methyl sites for hydroxylation is 2. The standard InChI is InChI=1S/C25H32N6O2S/c1-16-12-18(13-19-14-29(5)27-21(16)19)22-28-31-15-20(26-23(31)34-22)17-8-6-10-30(11-7-9-17)24(32)33-25(2,3)4/h12-15,17H,6-11H2,1-5H3. The Bertz CT molecular complexity index is 1300. The van der Waals surface area contributed by atoms with Crippen LogP contribution >= 0.6 is 11.3 Å². The molecule has 0 radical (unpaired) electrons.